The fraction of sp³-hybridized carbons (Fsp3) is 0.600. The molecule has 0 amide bonds. The minimum atomic E-state index is -0.292. The van der Waals surface area contributed by atoms with Gasteiger partial charge in [0.25, 0.3) is 0 Å². The minimum absolute atomic E-state index is 0.234. The molecular weight excluding hydrogens is 242 g/mol. The van der Waals surface area contributed by atoms with Crippen molar-refractivity contribution in [2.24, 2.45) is 0 Å². The summed E-state index contributed by atoms with van der Waals surface area (Å²) in [6.07, 6.45) is 0.917. The summed E-state index contributed by atoms with van der Waals surface area (Å²) < 4.78 is 5.50. The van der Waals surface area contributed by atoms with Crippen molar-refractivity contribution in [1.29, 1.82) is 0 Å². The van der Waals surface area contributed by atoms with Crippen LogP contribution in [0.15, 0.2) is 18.2 Å². The van der Waals surface area contributed by atoms with Gasteiger partial charge in [0.1, 0.15) is 18.9 Å². The molecule has 1 aliphatic heterocycles. The third-order valence-corrected chi connectivity index (χ3v) is 4.05. The summed E-state index contributed by atoms with van der Waals surface area (Å²) in [5.74, 6) is 0.864. The second-order valence-corrected chi connectivity index (χ2v) is 5.51. The van der Waals surface area contributed by atoms with Crippen LogP contribution in [-0.2, 0) is 0 Å². The van der Waals surface area contributed by atoms with Crippen molar-refractivity contribution < 1.29 is 14.5 Å². The van der Waals surface area contributed by atoms with E-state index >= 15 is 0 Å². The van der Waals surface area contributed by atoms with Crippen LogP contribution in [0.5, 0.6) is 5.75 Å². The molecule has 1 fully saturated rings. The van der Waals surface area contributed by atoms with E-state index in [-0.39, 0.29) is 10.8 Å². The smallest absolute Gasteiger partial charge is 0.137 e. The number of hydroxylamine groups is 3. The average Bonchev–Trinajstić information content (AvgIpc) is 2.39. The highest BCUT2D eigenvalue weighted by atomic mass is 16.6. The van der Waals surface area contributed by atoms with Crippen molar-refractivity contribution in [3.63, 3.8) is 0 Å². The Bertz CT molecular complexity index is 425. The van der Waals surface area contributed by atoms with Crippen LogP contribution in [0.3, 0.4) is 0 Å². The normalized spacial score (nSPS) is 27.3. The highest BCUT2D eigenvalue weighted by Gasteiger charge is 2.25. The van der Waals surface area contributed by atoms with E-state index in [1.807, 2.05) is 19.1 Å². The van der Waals surface area contributed by atoms with Gasteiger partial charge >= 0.3 is 0 Å². The van der Waals surface area contributed by atoms with E-state index in [0.29, 0.717) is 39.1 Å². The van der Waals surface area contributed by atoms with Crippen LogP contribution in [0.4, 0.5) is 0 Å². The third kappa shape index (κ3) is 3.69. The Labute approximate surface area is 114 Å². The standard InChI is InChI=1S/C15H23NO3/c1-12-4-3-5-15(13(12)2)19-11-10-16(18)8-6-14(17)7-9-16/h3-5,14,17H,6-11H2,1-2H3. The van der Waals surface area contributed by atoms with Crippen molar-refractivity contribution in [2.75, 3.05) is 26.2 Å². The number of aliphatic hydroxyl groups excluding tert-OH is 1. The number of aliphatic hydroxyl groups is 1. The lowest BCUT2D eigenvalue weighted by Gasteiger charge is -2.46. The van der Waals surface area contributed by atoms with E-state index in [2.05, 4.69) is 13.0 Å². The Morgan fingerprint density at radius 1 is 1.32 bits per heavy atom. The molecule has 2 rings (SSSR count). The van der Waals surface area contributed by atoms with Crippen molar-refractivity contribution >= 4 is 0 Å². The van der Waals surface area contributed by atoms with Crippen LogP contribution < -0.4 is 4.74 Å². The van der Waals surface area contributed by atoms with Gasteiger partial charge in [0.15, 0.2) is 0 Å². The zero-order valence-electron chi connectivity index (χ0n) is 11.8. The van der Waals surface area contributed by atoms with Crippen LogP contribution in [0.2, 0.25) is 0 Å². The van der Waals surface area contributed by atoms with E-state index in [1.165, 1.54) is 5.56 Å². The van der Waals surface area contributed by atoms with Gasteiger partial charge in [-0.3, -0.25) is 0 Å². The SMILES string of the molecule is Cc1cccc(OCC[N+]2([O-])CCC(O)CC2)c1C. The van der Waals surface area contributed by atoms with Gasteiger partial charge < -0.3 is 19.7 Å². The zero-order chi connectivity index (χ0) is 13.9. The molecule has 1 N–H and O–H groups in total. The molecule has 1 aromatic rings. The molecule has 1 aliphatic rings. The van der Waals surface area contributed by atoms with E-state index in [4.69, 9.17) is 4.74 Å². The second kappa shape index (κ2) is 5.90. The molecule has 0 bridgehead atoms. The number of likely N-dealkylation sites (tertiary alicyclic amines) is 1. The predicted octanol–water partition coefficient (Wildman–Crippen LogP) is 2.15. The molecule has 0 aromatic heterocycles. The van der Waals surface area contributed by atoms with Crippen molar-refractivity contribution in [3.8, 4) is 5.75 Å². The summed E-state index contributed by atoms with van der Waals surface area (Å²) in [7, 11) is 0. The third-order valence-electron chi connectivity index (χ3n) is 4.05. The first-order valence-electron chi connectivity index (χ1n) is 6.94. The fourth-order valence-electron chi connectivity index (χ4n) is 2.45. The Hall–Kier alpha value is -1.10. The summed E-state index contributed by atoms with van der Waals surface area (Å²) in [4.78, 5) is 0. The lowest BCUT2D eigenvalue weighted by molar-refractivity contribution is -0.886. The maximum Gasteiger partial charge on any atom is 0.137 e. The molecule has 0 aliphatic carbocycles. The molecule has 0 radical (unpaired) electrons. The first-order chi connectivity index (χ1) is 9.00. The number of rotatable bonds is 4. The molecule has 1 saturated heterocycles. The number of ether oxygens (including phenoxy) is 1. The summed E-state index contributed by atoms with van der Waals surface area (Å²) in [6, 6.07) is 5.96. The van der Waals surface area contributed by atoms with E-state index in [9.17, 15) is 10.3 Å². The Balaban J connectivity index is 1.85. The van der Waals surface area contributed by atoms with Gasteiger partial charge in [0.2, 0.25) is 0 Å². The van der Waals surface area contributed by atoms with Crippen molar-refractivity contribution in [2.45, 2.75) is 32.8 Å². The Morgan fingerprint density at radius 2 is 2.00 bits per heavy atom. The zero-order valence-corrected chi connectivity index (χ0v) is 11.8. The van der Waals surface area contributed by atoms with E-state index in [0.717, 1.165) is 11.3 Å². The number of hydrogen-bond donors (Lipinski definition) is 1. The number of piperidine rings is 1. The van der Waals surface area contributed by atoms with Crippen LogP contribution in [0.1, 0.15) is 24.0 Å². The molecule has 0 atom stereocenters. The minimum Gasteiger partial charge on any atom is -0.633 e. The molecule has 1 aromatic carbocycles. The van der Waals surface area contributed by atoms with Crippen LogP contribution in [0, 0.1) is 19.1 Å². The Morgan fingerprint density at radius 3 is 2.68 bits per heavy atom. The molecule has 0 saturated carbocycles. The topological polar surface area (TPSA) is 52.5 Å². The summed E-state index contributed by atoms with van der Waals surface area (Å²) >= 11 is 0. The lowest BCUT2D eigenvalue weighted by atomic mass is 10.1. The number of hydrogen-bond acceptors (Lipinski definition) is 3. The molecule has 19 heavy (non-hydrogen) atoms. The molecule has 106 valence electrons. The first kappa shape index (κ1) is 14.3. The highest BCUT2D eigenvalue weighted by molar-refractivity contribution is 5.38. The maximum absolute atomic E-state index is 12.4. The second-order valence-electron chi connectivity index (χ2n) is 5.51. The monoisotopic (exact) mass is 265 g/mol. The maximum atomic E-state index is 12.4. The quantitative estimate of drug-likeness (QED) is 0.670. The molecule has 0 spiro atoms. The van der Waals surface area contributed by atoms with Crippen LogP contribution in [0.25, 0.3) is 0 Å². The lowest BCUT2D eigenvalue weighted by Crippen LogP contribution is -2.51. The number of nitrogens with zero attached hydrogens (tertiary/aromatic N) is 1. The van der Waals surface area contributed by atoms with Crippen molar-refractivity contribution in [1.82, 2.24) is 0 Å². The summed E-state index contributed by atoms with van der Waals surface area (Å²) in [6.45, 7) is 5.97. The Kier molecular flexibility index (Phi) is 4.45. The first-order valence-corrected chi connectivity index (χ1v) is 6.94. The molecular formula is C15H23NO3. The number of aryl methyl sites for hydroxylation is 1. The molecule has 4 heteroatoms. The van der Waals surface area contributed by atoms with Gasteiger partial charge in [0, 0.05) is 12.8 Å². The van der Waals surface area contributed by atoms with E-state index < -0.39 is 0 Å². The van der Waals surface area contributed by atoms with Gasteiger partial charge in [-0.2, -0.15) is 0 Å². The van der Waals surface area contributed by atoms with Gasteiger partial charge in [0.05, 0.1) is 19.2 Å². The van der Waals surface area contributed by atoms with Crippen molar-refractivity contribution in [3.05, 3.63) is 34.5 Å². The average molecular weight is 265 g/mol. The van der Waals surface area contributed by atoms with Gasteiger partial charge in [-0.1, -0.05) is 12.1 Å². The van der Waals surface area contributed by atoms with Gasteiger partial charge in [-0.05, 0) is 31.0 Å². The summed E-state index contributed by atoms with van der Waals surface area (Å²) in [5, 5.41) is 21.8. The van der Waals surface area contributed by atoms with Crippen LogP contribution >= 0.6 is 0 Å². The molecule has 1 heterocycles. The molecule has 0 unspecified atom stereocenters. The molecule has 4 nitrogen and oxygen atoms in total. The summed E-state index contributed by atoms with van der Waals surface area (Å²) in [5.41, 5.74) is 2.33. The van der Waals surface area contributed by atoms with E-state index in [1.54, 1.807) is 0 Å². The highest BCUT2D eigenvalue weighted by Crippen LogP contribution is 2.22. The predicted molar refractivity (Wildman–Crippen MR) is 74.9 cm³/mol. The fourth-order valence-corrected chi connectivity index (χ4v) is 2.45. The van der Waals surface area contributed by atoms with Gasteiger partial charge in [-0.15, -0.1) is 0 Å². The number of benzene rings is 1. The largest absolute Gasteiger partial charge is 0.633 e. The van der Waals surface area contributed by atoms with Gasteiger partial charge in [-0.25, -0.2) is 0 Å². The van der Waals surface area contributed by atoms with Crippen LogP contribution in [-0.4, -0.2) is 42.1 Å². The number of quaternary nitrogens is 1.